The van der Waals surface area contributed by atoms with Crippen molar-refractivity contribution < 1.29 is 18.8 Å². The van der Waals surface area contributed by atoms with E-state index in [-0.39, 0.29) is 17.8 Å². The number of hydrazine groups is 1. The van der Waals surface area contributed by atoms with Gasteiger partial charge in [-0.3, -0.25) is 19.8 Å². The quantitative estimate of drug-likeness (QED) is 0.371. The van der Waals surface area contributed by atoms with Crippen molar-refractivity contribution in [2.75, 3.05) is 11.4 Å². The van der Waals surface area contributed by atoms with E-state index in [1.807, 2.05) is 5.43 Å². The van der Waals surface area contributed by atoms with E-state index in [4.69, 9.17) is 5.84 Å². The molecular formula is C14H16FN3O3. The van der Waals surface area contributed by atoms with Crippen molar-refractivity contribution >= 4 is 23.3 Å². The number of nitrogens with zero attached hydrogens (tertiary/aromatic N) is 1. The third-order valence-electron chi connectivity index (χ3n) is 3.46. The molecule has 1 aromatic carbocycles. The average Bonchev–Trinajstić information content (AvgIpc) is 2.63. The van der Waals surface area contributed by atoms with Crippen LogP contribution in [0.1, 0.15) is 29.8 Å². The molecule has 0 radical (unpaired) electrons. The number of carbonyl (C=O) groups is 3. The van der Waals surface area contributed by atoms with Gasteiger partial charge in [-0.25, -0.2) is 10.2 Å². The molecule has 0 aromatic heterocycles. The van der Waals surface area contributed by atoms with Crippen LogP contribution in [-0.2, 0) is 9.59 Å². The lowest BCUT2D eigenvalue weighted by Gasteiger charge is -2.28. The first-order valence-corrected chi connectivity index (χ1v) is 6.36. The fraction of sp³-hybridized carbons (Fsp3) is 0.357. The van der Waals surface area contributed by atoms with Crippen LogP contribution in [0.4, 0.5) is 10.1 Å². The van der Waals surface area contributed by atoms with E-state index in [0.29, 0.717) is 5.56 Å². The summed E-state index contributed by atoms with van der Waals surface area (Å²) >= 11 is 0. The van der Waals surface area contributed by atoms with Crippen LogP contribution in [0.15, 0.2) is 12.1 Å². The largest absolute Gasteiger partial charge is 0.301 e. The van der Waals surface area contributed by atoms with Gasteiger partial charge in [0, 0.05) is 6.54 Å². The lowest BCUT2D eigenvalue weighted by atomic mass is 9.91. The zero-order valence-corrected chi connectivity index (χ0v) is 12.0. The summed E-state index contributed by atoms with van der Waals surface area (Å²) in [6.45, 7) is 4.59. The van der Waals surface area contributed by atoms with Gasteiger partial charge in [-0.2, -0.15) is 0 Å². The Morgan fingerprint density at radius 2 is 2.00 bits per heavy atom. The van der Waals surface area contributed by atoms with Crippen LogP contribution in [0.25, 0.3) is 0 Å². The monoisotopic (exact) mass is 293 g/mol. The third kappa shape index (κ3) is 2.40. The number of hydrogen-bond donors (Lipinski definition) is 2. The molecule has 1 aromatic rings. The first-order valence-electron chi connectivity index (χ1n) is 6.36. The second-order valence-corrected chi connectivity index (χ2v) is 5.72. The molecule has 0 atom stereocenters. The van der Waals surface area contributed by atoms with E-state index in [1.165, 1.54) is 12.1 Å². The van der Waals surface area contributed by atoms with Crippen molar-refractivity contribution in [2.45, 2.75) is 20.8 Å². The molecule has 0 saturated carbocycles. The molecule has 3 N–H and O–H groups in total. The predicted octanol–water partition coefficient (Wildman–Crippen LogP) is 0.680. The highest BCUT2D eigenvalue weighted by molar-refractivity contribution is 6.52. The molecule has 2 amide bonds. The highest BCUT2D eigenvalue weighted by atomic mass is 19.1. The molecule has 0 bridgehead atoms. The second-order valence-electron chi connectivity index (χ2n) is 5.72. The number of aryl methyl sites for hydroxylation is 1. The van der Waals surface area contributed by atoms with Crippen molar-refractivity contribution in [1.29, 1.82) is 0 Å². The smallest absolute Gasteiger partial charge is 0.299 e. The minimum atomic E-state index is -1.07. The second kappa shape index (κ2) is 4.92. The predicted molar refractivity (Wildman–Crippen MR) is 73.9 cm³/mol. The summed E-state index contributed by atoms with van der Waals surface area (Å²) in [7, 11) is 0. The normalized spacial score (nSPS) is 14.4. The summed E-state index contributed by atoms with van der Waals surface area (Å²) in [6, 6.07) is 2.71. The Morgan fingerprint density at radius 3 is 2.57 bits per heavy atom. The van der Waals surface area contributed by atoms with E-state index in [1.54, 1.807) is 20.8 Å². The zero-order chi connectivity index (χ0) is 15.9. The SMILES string of the molecule is Cc1cc(F)c2c(c1)C(=O)C(=O)N2CC(C)(C)C(=O)NN. The molecule has 1 heterocycles. The van der Waals surface area contributed by atoms with Crippen molar-refractivity contribution in [3.63, 3.8) is 0 Å². The molecule has 0 aliphatic carbocycles. The number of Topliss-reactive ketones (excluding diaryl/α,β-unsaturated/α-hetero) is 1. The Bertz CT molecular complexity index is 655. The summed E-state index contributed by atoms with van der Waals surface area (Å²) < 4.78 is 14.1. The van der Waals surface area contributed by atoms with Gasteiger partial charge in [-0.1, -0.05) is 0 Å². The van der Waals surface area contributed by atoms with E-state index < -0.39 is 28.8 Å². The number of hydrogen-bond acceptors (Lipinski definition) is 4. The number of nitrogens with one attached hydrogen (secondary N) is 1. The fourth-order valence-corrected chi connectivity index (χ4v) is 2.33. The molecule has 2 rings (SSSR count). The van der Waals surface area contributed by atoms with Gasteiger partial charge < -0.3 is 4.90 Å². The minimum absolute atomic E-state index is 0.0291. The number of amides is 2. The van der Waals surface area contributed by atoms with Gasteiger partial charge in [0.05, 0.1) is 16.7 Å². The number of carbonyl (C=O) groups excluding carboxylic acids is 3. The van der Waals surface area contributed by atoms with Crippen molar-refractivity contribution in [2.24, 2.45) is 11.3 Å². The molecule has 21 heavy (non-hydrogen) atoms. The number of rotatable bonds is 3. The van der Waals surface area contributed by atoms with E-state index in [2.05, 4.69) is 0 Å². The van der Waals surface area contributed by atoms with Gasteiger partial charge in [0.2, 0.25) is 5.91 Å². The molecular weight excluding hydrogens is 277 g/mol. The lowest BCUT2D eigenvalue weighted by Crippen LogP contribution is -2.48. The van der Waals surface area contributed by atoms with E-state index in [0.717, 1.165) is 4.90 Å². The number of nitrogens with two attached hydrogens (primary N) is 1. The molecule has 0 spiro atoms. The van der Waals surface area contributed by atoms with Crippen LogP contribution in [0.5, 0.6) is 0 Å². The number of ketones is 1. The zero-order valence-electron chi connectivity index (χ0n) is 12.0. The maximum Gasteiger partial charge on any atom is 0.299 e. The third-order valence-corrected chi connectivity index (χ3v) is 3.46. The number of halogens is 1. The van der Waals surface area contributed by atoms with E-state index >= 15 is 0 Å². The van der Waals surface area contributed by atoms with Gasteiger partial charge >= 0.3 is 0 Å². The van der Waals surface area contributed by atoms with Crippen LogP contribution in [-0.4, -0.2) is 24.1 Å². The molecule has 1 aliphatic heterocycles. The fourth-order valence-electron chi connectivity index (χ4n) is 2.33. The van der Waals surface area contributed by atoms with Gasteiger partial charge in [-0.15, -0.1) is 0 Å². The van der Waals surface area contributed by atoms with Crippen LogP contribution in [0, 0.1) is 18.2 Å². The van der Waals surface area contributed by atoms with E-state index in [9.17, 15) is 18.8 Å². The number of benzene rings is 1. The van der Waals surface area contributed by atoms with Gasteiger partial charge in [0.15, 0.2) is 0 Å². The van der Waals surface area contributed by atoms with Crippen molar-refractivity contribution in [3.05, 3.63) is 29.1 Å². The average molecular weight is 293 g/mol. The van der Waals surface area contributed by atoms with Gasteiger partial charge in [-0.05, 0) is 38.5 Å². The summed E-state index contributed by atoms with van der Waals surface area (Å²) in [5.74, 6) is 2.32. The number of fused-ring (bicyclic) bond motifs is 1. The topological polar surface area (TPSA) is 92.5 Å². The molecule has 6 nitrogen and oxygen atoms in total. The van der Waals surface area contributed by atoms with Crippen LogP contribution < -0.4 is 16.2 Å². The summed E-state index contributed by atoms with van der Waals surface area (Å²) in [5, 5.41) is 0. The molecule has 0 fully saturated rings. The van der Waals surface area contributed by atoms with Crippen molar-refractivity contribution in [3.8, 4) is 0 Å². The molecule has 0 saturated heterocycles. The Balaban J connectivity index is 2.47. The maximum absolute atomic E-state index is 14.1. The molecule has 7 heteroatoms. The summed E-state index contributed by atoms with van der Waals surface area (Å²) in [4.78, 5) is 36.7. The Hall–Kier alpha value is -2.28. The molecule has 1 aliphatic rings. The van der Waals surface area contributed by atoms with Crippen LogP contribution >= 0.6 is 0 Å². The van der Waals surface area contributed by atoms with Gasteiger partial charge in [0.1, 0.15) is 5.82 Å². The standard InChI is InChI=1S/C14H16FN3O3/c1-7-4-8-10(9(15)5-7)18(12(20)11(8)19)6-14(2,3)13(21)17-16/h4-5H,6,16H2,1-3H3,(H,17,21). The highest BCUT2D eigenvalue weighted by Gasteiger charge is 2.42. The summed E-state index contributed by atoms with van der Waals surface area (Å²) in [6.07, 6.45) is 0. The lowest BCUT2D eigenvalue weighted by molar-refractivity contribution is -0.129. The van der Waals surface area contributed by atoms with Crippen LogP contribution in [0.2, 0.25) is 0 Å². The minimum Gasteiger partial charge on any atom is -0.301 e. The number of anilines is 1. The maximum atomic E-state index is 14.1. The van der Waals surface area contributed by atoms with Crippen molar-refractivity contribution in [1.82, 2.24) is 5.43 Å². The Labute approximate surface area is 121 Å². The summed E-state index contributed by atoms with van der Waals surface area (Å²) in [5.41, 5.74) is 1.43. The molecule has 112 valence electrons. The highest BCUT2D eigenvalue weighted by Crippen LogP contribution is 2.35. The Morgan fingerprint density at radius 1 is 1.38 bits per heavy atom. The first-order chi connectivity index (χ1) is 9.69. The molecule has 0 unspecified atom stereocenters. The van der Waals surface area contributed by atoms with Crippen LogP contribution in [0.3, 0.4) is 0 Å². The first kappa shape index (κ1) is 15.1. The Kier molecular flexibility index (Phi) is 3.54. The van der Waals surface area contributed by atoms with Gasteiger partial charge in [0.25, 0.3) is 11.7 Å².